The van der Waals surface area contributed by atoms with Crippen molar-refractivity contribution in [3.05, 3.63) is 59.9 Å². The SMILES string of the molecule is CCC1CN(CCNC(=O)c2cccc3nccnc23)Cc2cc(OC)ccc2O1. The summed E-state index contributed by atoms with van der Waals surface area (Å²) in [7, 11) is 1.67. The third-order valence-corrected chi connectivity index (χ3v) is 5.33. The molecule has 0 radical (unpaired) electrons. The van der Waals surface area contributed by atoms with Gasteiger partial charge in [-0.05, 0) is 36.8 Å². The molecule has 1 aliphatic rings. The standard InChI is InChI=1S/C23H26N4O3/c1-3-17-15-27(14-16-13-18(29-2)7-8-21(16)30-17)12-11-26-23(28)19-5-4-6-20-22(19)25-10-9-24-20/h4-10,13,17H,3,11-12,14-15H2,1-2H3,(H,26,28). The van der Waals surface area contributed by atoms with E-state index in [-0.39, 0.29) is 12.0 Å². The third-order valence-electron chi connectivity index (χ3n) is 5.33. The fourth-order valence-electron chi connectivity index (χ4n) is 3.71. The van der Waals surface area contributed by atoms with Crippen LogP contribution in [-0.2, 0) is 6.54 Å². The maximum Gasteiger partial charge on any atom is 0.253 e. The second kappa shape index (κ2) is 9.09. The van der Waals surface area contributed by atoms with Crippen LogP contribution in [0.2, 0.25) is 0 Å². The zero-order valence-electron chi connectivity index (χ0n) is 17.3. The highest BCUT2D eigenvalue weighted by atomic mass is 16.5. The zero-order chi connectivity index (χ0) is 20.9. The second-order valence-electron chi connectivity index (χ2n) is 7.34. The van der Waals surface area contributed by atoms with Crippen LogP contribution < -0.4 is 14.8 Å². The number of nitrogens with zero attached hydrogens (tertiary/aromatic N) is 3. The van der Waals surface area contributed by atoms with Crippen LogP contribution >= 0.6 is 0 Å². The number of hydrogen-bond acceptors (Lipinski definition) is 6. The number of hydrogen-bond donors (Lipinski definition) is 1. The number of nitrogens with one attached hydrogen (secondary N) is 1. The molecule has 1 N–H and O–H groups in total. The number of aromatic nitrogens is 2. The van der Waals surface area contributed by atoms with E-state index in [9.17, 15) is 4.79 Å². The molecule has 4 rings (SSSR count). The minimum atomic E-state index is -0.138. The molecule has 1 atom stereocenters. The van der Waals surface area contributed by atoms with E-state index in [4.69, 9.17) is 9.47 Å². The average molecular weight is 406 g/mol. The minimum Gasteiger partial charge on any atom is -0.497 e. The van der Waals surface area contributed by atoms with E-state index in [1.165, 1.54) is 0 Å². The van der Waals surface area contributed by atoms with E-state index in [1.54, 1.807) is 25.6 Å². The van der Waals surface area contributed by atoms with Crippen LogP contribution in [-0.4, -0.2) is 53.6 Å². The van der Waals surface area contributed by atoms with Gasteiger partial charge in [-0.25, -0.2) is 0 Å². The molecular weight excluding hydrogens is 380 g/mol. The lowest BCUT2D eigenvalue weighted by Crippen LogP contribution is -2.38. The Balaban J connectivity index is 1.42. The van der Waals surface area contributed by atoms with Gasteiger partial charge in [0, 0.05) is 44.1 Å². The minimum absolute atomic E-state index is 0.115. The van der Waals surface area contributed by atoms with Gasteiger partial charge in [-0.3, -0.25) is 19.7 Å². The molecule has 0 spiro atoms. The van der Waals surface area contributed by atoms with Crippen molar-refractivity contribution in [1.29, 1.82) is 0 Å². The first-order valence-corrected chi connectivity index (χ1v) is 10.2. The average Bonchev–Trinajstić information content (AvgIpc) is 2.96. The fraction of sp³-hybridized carbons (Fsp3) is 0.348. The van der Waals surface area contributed by atoms with E-state index in [0.717, 1.165) is 43.1 Å². The van der Waals surface area contributed by atoms with E-state index < -0.39 is 0 Å². The van der Waals surface area contributed by atoms with E-state index in [2.05, 4.69) is 27.1 Å². The van der Waals surface area contributed by atoms with Crippen molar-refractivity contribution in [1.82, 2.24) is 20.2 Å². The number of carbonyl (C=O) groups excluding carboxylic acids is 1. The molecule has 1 amide bonds. The molecule has 30 heavy (non-hydrogen) atoms. The molecule has 1 unspecified atom stereocenters. The summed E-state index contributed by atoms with van der Waals surface area (Å²) in [5.74, 6) is 1.59. The summed E-state index contributed by atoms with van der Waals surface area (Å²) in [4.78, 5) is 23.6. The van der Waals surface area contributed by atoms with Crippen molar-refractivity contribution in [3.8, 4) is 11.5 Å². The Bertz CT molecular complexity index is 1030. The molecule has 2 aromatic carbocycles. The van der Waals surface area contributed by atoms with Crippen LogP contribution in [0.1, 0.15) is 29.3 Å². The smallest absolute Gasteiger partial charge is 0.253 e. The lowest BCUT2D eigenvalue weighted by Gasteiger charge is -2.23. The van der Waals surface area contributed by atoms with Gasteiger partial charge in [0.25, 0.3) is 5.91 Å². The van der Waals surface area contributed by atoms with Crippen molar-refractivity contribution < 1.29 is 14.3 Å². The molecule has 2 heterocycles. The van der Waals surface area contributed by atoms with Gasteiger partial charge in [0.1, 0.15) is 23.1 Å². The van der Waals surface area contributed by atoms with Crippen LogP contribution in [0.3, 0.4) is 0 Å². The summed E-state index contributed by atoms with van der Waals surface area (Å²) in [6, 6.07) is 11.4. The molecule has 0 bridgehead atoms. The van der Waals surface area contributed by atoms with Crippen molar-refractivity contribution in [3.63, 3.8) is 0 Å². The Morgan fingerprint density at radius 2 is 2.13 bits per heavy atom. The van der Waals surface area contributed by atoms with Crippen LogP contribution in [0.5, 0.6) is 11.5 Å². The maximum atomic E-state index is 12.7. The van der Waals surface area contributed by atoms with Crippen molar-refractivity contribution in [2.75, 3.05) is 26.7 Å². The monoisotopic (exact) mass is 406 g/mol. The summed E-state index contributed by atoms with van der Waals surface area (Å²) in [5.41, 5.74) is 2.97. The lowest BCUT2D eigenvalue weighted by atomic mass is 10.1. The van der Waals surface area contributed by atoms with Gasteiger partial charge in [0.15, 0.2) is 0 Å². The Morgan fingerprint density at radius 1 is 1.27 bits per heavy atom. The van der Waals surface area contributed by atoms with Crippen molar-refractivity contribution in [2.24, 2.45) is 0 Å². The van der Waals surface area contributed by atoms with Gasteiger partial charge in [-0.15, -0.1) is 0 Å². The number of benzene rings is 2. The predicted molar refractivity (Wildman–Crippen MR) is 115 cm³/mol. The lowest BCUT2D eigenvalue weighted by molar-refractivity contribution is 0.0944. The molecule has 0 fully saturated rings. The number of rotatable bonds is 6. The summed E-state index contributed by atoms with van der Waals surface area (Å²) in [6.07, 6.45) is 4.27. The van der Waals surface area contributed by atoms with Crippen molar-refractivity contribution >= 4 is 16.9 Å². The molecule has 0 saturated heterocycles. The van der Waals surface area contributed by atoms with Gasteiger partial charge >= 0.3 is 0 Å². The van der Waals surface area contributed by atoms with Crippen molar-refractivity contribution in [2.45, 2.75) is 26.0 Å². The van der Waals surface area contributed by atoms with Gasteiger partial charge in [0.2, 0.25) is 0 Å². The molecule has 156 valence electrons. The highest BCUT2D eigenvalue weighted by Gasteiger charge is 2.22. The largest absolute Gasteiger partial charge is 0.497 e. The summed E-state index contributed by atoms with van der Waals surface area (Å²) in [6.45, 7) is 4.94. The number of fused-ring (bicyclic) bond motifs is 2. The number of para-hydroxylation sites is 1. The highest BCUT2D eigenvalue weighted by Crippen LogP contribution is 2.29. The fourth-order valence-corrected chi connectivity index (χ4v) is 3.71. The summed E-state index contributed by atoms with van der Waals surface area (Å²) in [5, 5.41) is 3.02. The van der Waals surface area contributed by atoms with Gasteiger partial charge in [-0.2, -0.15) is 0 Å². The van der Waals surface area contributed by atoms with E-state index in [0.29, 0.717) is 23.1 Å². The Kier molecular flexibility index (Phi) is 6.09. The van der Waals surface area contributed by atoms with Gasteiger partial charge in [0.05, 0.1) is 18.2 Å². The highest BCUT2D eigenvalue weighted by molar-refractivity contribution is 6.04. The zero-order valence-corrected chi connectivity index (χ0v) is 17.3. The summed E-state index contributed by atoms with van der Waals surface area (Å²) < 4.78 is 11.5. The maximum absolute atomic E-state index is 12.7. The Morgan fingerprint density at radius 3 is 2.97 bits per heavy atom. The Labute approximate surface area is 176 Å². The quantitative estimate of drug-likeness (QED) is 0.678. The third kappa shape index (κ3) is 4.36. The van der Waals surface area contributed by atoms with Gasteiger partial charge in [-0.1, -0.05) is 13.0 Å². The number of carbonyl (C=O) groups is 1. The molecule has 7 heteroatoms. The van der Waals surface area contributed by atoms with Crippen LogP contribution in [0.4, 0.5) is 0 Å². The van der Waals surface area contributed by atoms with Crippen LogP contribution in [0.25, 0.3) is 11.0 Å². The normalized spacial score (nSPS) is 16.4. The molecule has 0 saturated carbocycles. The summed E-state index contributed by atoms with van der Waals surface area (Å²) >= 11 is 0. The molecular formula is C23H26N4O3. The first kappa shape index (κ1) is 20.1. The molecule has 3 aromatic rings. The molecule has 0 aliphatic carbocycles. The number of methoxy groups -OCH3 is 1. The Hall–Kier alpha value is -3.19. The van der Waals surface area contributed by atoms with E-state index >= 15 is 0 Å². The first-order valence-electron chi connectivity index (χ1n) is 10.2. The number of ether oxygens (including phenoxy) is 2. The van der Waals surface area contributed by atoms with Crippen LogP contribution in [0, 0.1) is 0 Å². The van der Waals surface area contributed by atoms with E-state index in [1.807, 2.05) is 30.3 Å². The first-order chi connectivity index (χ1) is 14.7. The molecule has 1 aliphatic heterocycles. The topological polar surface area (TPSA) is 76.6 Å². The molecule has 1 aromatic heterocycles. The number of amides is 1. The van der Waals surface area contributed by atoms with Crippen LogP contribution in [0.15, 0.2) is 48.8 Å². The predicted octanol–water partition coefficient (Wildman–Crippen LogP) is 3.04. The second-order valence-corrected chi connectivity index (χ2v) is 7.34. The van der Waals surface area contributed by atoms with Gasteiger partial charge < -0.3 is 14.8 Å². The molecule has 7 nitrogen and oxygen atoms in total.